The molecule has 0 fully saturated rings. The number of benzene rings is 13. The summed E-state index contributed by atoms with van der Waals surface area (Å²) >= 11 is 0. The molecule has 5 heteroatoms. The van der Waals surface area contributed by atoms with Crippen LogP contribution in [0.5, 0.6) is 0 Å². The summed E-state index contributed by atoms with van der Waals surface area (Å²) in [5, 5.41) is 3.17. The van der Waals surface area contributed by atoms with Crippen molar-refractivity contribution in [3.63, 3.8) is 0 Å². The first kappa shape index (κ1) is 86.2. The molecule has 0 saturated carbocycles. The summed E-state index contributed by atoms with van der Waals surface area (Å²) in [6.45, 7) is 70.7. The first-order valence-electron chi connectivity index (χ1n) is 56.0. The third-order valence-corrected chi connectivity index (χ3v) is 25.8. The molecule has 2 aromatic heterocycles. The quantitative estimate of drug-likeness (QED) is 0.0750. The average Bonchev–Trinajstić information content (AvgIpc) is 0.761. The highest BCUT2D eigenvalue weighted by molar-refractivity contribution is 7.00. The molecule has 4 heterocycles. The third kappa shape index (κ3) is 22.3. The van der Waals surface area contributed by atoms with Gasteiger partial charge in [0.15, 0.2) is 0 Å². The van der Waals surface area contributed by atoms with Crippen molar-refractivity contribution in [2.24, 2.45) is 59.6 Å². The van der Waals surface area contributed by atoms with Gasteiger partial charge in [-0.25, -0.2) is 0 Å². The molecule has 2 aliphatic heterocycles. The fourth-order valence-electron chi connectivity index (χ4n) is 21.9. The highest BCUT2D eigenvalue weighted by atomic mass is 15.2. The monoisotopic (exact) mass is 1840 g/mol. The molecule has 4 nitrogen and oxygen atoms in total. The van der Waals surface area contributed by atoms with E-state index in [4.69, 9.17) is 0 Å². The Hall–Kier alpha value is -10.9. The topological polar surface area (TPSA) is 16.3 Å². The minimum atomic E-state index is -2.08. The zero-order valence-corrected chi connectivity index (χ0v) is 89.7. The first-order chi connectivity index (χ1) is 68.0. The van der Waals surface area contributed by atoms with Crippen LogP contribution in [0.2, 0.25) is 0 Å². The lowest BCUT2D eigenvalue weighted by molar-refractivity contribution is 0.410. The molecule has 15 aromatic rings. The molecule has 0 atom stereocenters. The van der Waals surface area contributed by atoms with Gasteiger partial charge in [0.1, 0.15) is 0 Å². The van der Waals surface area contributed by atoms with Gasteiger partial charge < -0.3 is 18.9 Å². The second kappa shape index (κ2) is 35.7. The van der Waals surface area contributed by atoms with E-state index >= 15 is 0 Å². The van der Waals surface area contributed by atoms with E-state index in [9.17, 15) is 13.7 Å². The Morgan fingerprint density at radius 3 is 0.688 bits per heavy atom. The summed E-state index contributed by atoms with van der Waals surface area (Å²) < 4.78 is 107. The normalized spacial score (nSPS) is 15.4. The van der Waals surface area contributed by atoms with Crippen LogP contribution >= 0.6 is 0 Å². The van der Waals surface area contributed by atoms with Crippen LogP contribution in [0.1, 0.15) is 303 Å². The Bertz CT molecular complexity index is 6960. The van der Waals surface area contributed by atoms with E-state index in [2.05, 4.69) is 338 Å². The molecule has 17 rings (SSSR count). The highest BCUT2D eigenvalue weighted by Gasteiger charge is 2.47. The molecule has 0 N–H and O–H groups in total. The van der Waals surface area contributed by atoms with E-state index in [1.54, 1.807) is 0 Å². The van der Waals surface area contributed by atoms with Crippen LogP contribution in [0.4, 0.5) is 34.1 Å². The van der Waals surface area contributed by atoms with E-state index in [0.717, 1.165) is 189 Å². The SMILES string of the molecule is [2H]C([2H])(c1cc2c3c(c1)N(c1c(-c4cccc(CC(C)(C)C)c4)cc(CC(C)(C)C)cc1-c1cccc(CC(C)(C)C)c1)c1cc(-n4c5ccc(C([2H])([2H])C(C)(C)C)cc5c5cc(C([2H])([2H])C(C)(C)C)ccc54)ccc1B3c1ccc(-n3c4ccc(C([2H])([2H])C(C)(C)C)cc4c4cc(C([2H])([2H])C(C)(C)C)ccc43)cc1N2c1c(-c2cccc(CC(C)(C)C)c2)cc(CC(C)(C)C)cc1-c1cccc(CC(C)(C)C)c1)C(C)(C)C. The van der Waals surface area contributed by atoms with Crippen molar-refractivity contribution in [2.45, 2.75) is 299 Å². The van der Waals surface area contributed by atoms with E-state index < -0.39 is 65.7 Å². The Balaban J connectivity index is 1.13. The molecule has 138 heavy (non-hydrogen) atoms. The maximum atomic E-state index is 11.5. The lowest BCUT2D eigenvalue weighted by Gasteiger charge is -2.46. The van der Waals surface area contributed by atoms with Crippen molar-refractivity contribution in [3.05, 3.63) is 304 Å². The minimum Gasteiger partial charge on any atom is -0.310 e. The van der Waals surface area contributed by atoms with Gasteiger partial charge in [-0.3, -0.25) is 0 Å². The van der Waals surface area contributed by atoms with E-state index in [1.807, 2.05) is 152 Å². The number of nitrogens with zero attached hydrogens (tertiary/aromatic N) is 4. The Morgan fingerprint density at radius 1 is 0.210 bits per heavy atom. The van der Waals surface area contributed by atoms with E-state index in [0.29, 0.717) is 27.8 Å². The fourth-order valence-corrected chi connectivity index (χ4v) is 21.9. The van der Waals surface area contributed by atoms with Gasteiger partial charge in [0.05, 0.1) is 33.4 Å². The average molecular weight is 1840 g/mol. The molecule has 0 saturated heterocycles. The largest absolute Gasteiger partial charge is 0.310 e. The van der Waals surface area contributed by atoms with Gasteiger partial charge >= 0.3 is 0 Å². The number of hydrogen-bond donors (Lipinski definition) is 0. The van der Waals surface area contributed by atoms with Crippen LogP contribution in [0, 0.1) is 59.6 Å². The number of anilines is 6. The molecular formula is C133H161BN4. The summed E-state index contributed by atoms with van der Waals surface area (Å²) in [7, 11) is 0. The minimum absolute atomic E-state index is 0.0868. The molecule has 0 unspecified atom stereocenters. The molecule has 0 amide bonds. The number of fused-ring (bicyclic) bond motifs is 10. The second-order valence-electron chi connectivity index (χ2n) is 53.3. The number of hydrogen-bond acceptors (Lipinski definition) is 2. The third-order valence-electron chi connectivity index (χ3n) is 25.8. The zero-order valence-electron chi connectivity index (χ0n) is 99.7. The summed E-state index contributed by atoms with van der Waals surface area (Å²) in [5.74, 6) is 0. The van der Waals surface area contributed by atoms with Crippen LogP contribution < -0.4 is 26.2 Å². The highest BCUT2D eigenvalue weighted by Crippen LogP contribution is 2.57. The van der Waals surface area contributed by atoms with Crippen molar-refractivity contribution in [1.82, 2.24) is 9.13 Å². The maximum Gasteiger partial charge on any atom is 0.252 e. The van der Waals surface area contributed by atoms with Gasteiger partial charge in [-0.15, -0.1) is 0 Å². The van der Waals surface area contributed by atoms with Crippen LogP contribution in [0.25, 0.3) is 99.5 Å². The van der Waals surface area contributed by atoms with Crippen LogP contribution in [0.15, 0.2) is 243 Å². The van der Waals surface area contributed by atoms with Crippen molar-refractivity contribution in [2.75, 3.05) is 9.80 Å². The fraction of sp³-hybridized carbons (Fsp3) is 0.414. The van der Waals surface area contributed by atoms with E-state index in [-0.39, 0.29) is 32.5 Å². The predicted octanol–water partition coefficient (Wildman–Crippen LogP) is 36.1. The lowest BCUT2D eigenvalue weighted by atomic mass is 9.33. The van der Waals surface area contributed by atoms with Crippen LogP contribution in [-0.2, 0) is 70.4 Å². The predicted molar refractivity (Wildman–Crippen MR) is 606 cm³/mol. The second-order valence-corrected chi connectivity index (χ2v) is 53.3. The smallest absolute Gasteiger partial charge is 0.252 e. The standard InChI is InChI=1S/C133H161BN4/c1-123(2,3)74-85-38-34-42-96(58-85)102-66-93(82-131(25,26)27)67-103(97-43-35-39-86(59-97)75-124(4,5)6)121(102)137-116-72-100(135-112-54-46-89(78-127(13,14)15)62-106(112)107-63-90(47-55-113(107)135)79-128(16,17)18)50-52-110(116)134-111-53-51-101(136-114-56-48-91(80-129(19,20)21)64-108(114)109-65-92(49-57-115(109)136)81-130(22,23)24)73-117(111)138(119-71-95(84-133(31,32)33)70-118(137)120(119)134)122-104(98-44-36-40-87(60-98)76-125(7,8)9)68-94(83-132(28,29)30)69-105(122)99-45-37-41-88(61-99)77-126(10,11)12/h34-73H,74-84H2,1-33H3/i78D2,79D2,80D2,81D2,84D2. The van der Waals surface area contributed by atoms with Gasteiger partial charge in [-0.1, -0.05) is 362 Å². The summed E-state index contributed by atoms with van der Waals surface area (Å²) in [6, 6.07) is 89.8. The molecule has 0 aliphatic carbocycles. The zero-order chi connectivity index (χ0) is 108. The molecule has 13 aromatic carbocycles. The van der Waals surface area contributed by atoms with Gasteiger partial charge in [0.2, 0.25) is 0 Å². The Labute approximate surface area is 846 Å². The van der Waals surface area contributed by atoms with Crippen molar-refractivity contribution in [1.29, 1.82) is 0 Å². The summed E-state index contributed by atoms with van der Waals surface area (Å²) in [6.07, 6.45) is -4.54. The van der Waals surface area contributed by atoms with Gasteiger partial charge in [-0.05, 0) is 339 Å². The molecule has 2 aliphatic rings. The molecule has 0 spiro atoms. The van der Waals surface area contributed by atoms with Crippen LogP contribution in [-0.4, -0.2) is 15.8 Å². The van der Waals surface area contributed by atoms with Gasteiger partial charge in [0, 0.05) is 91.6 Å². The molecule has 0 radical (unpaired) electrons. The first-order valence-corrected chi connectivity index (χ1v) is 51.0. The number of aromatic nitrogens is 2. The van der Waals surface area contributed by atoms with Crippen molar-refractivity contribution in [3.8, 4) is 55.9 Å². The maximum absolute atomic E-state index is 11.5. The van der Waals surface area contributed by atoms with E-state index in [1.165, 1.54) is 33.4 Å². The molecular weight excluding hydrogens is 1660 g/mol. The number of rotatable bonds is 19. The summed E-state index contributed by atoms with van der Waals surface area (Å²) in [5.41, 5.74) is 26.0. The van der Waals surface area contributed by atoms with Crippen molar-refractivity contribution >= 4 is 101 Å². The molecule has 716 valence electrons. The summed E-state index contributed by atoms with van der Waals surface area (Å²) in [4.78, 5) is 5.16. The van der Waals surface area contributed by atoms with Gasteiger partial charge in [0.25, 0.3) is 6.71 Å². The van der Waals surface area contributed by atoms with Gasteiger partial charge in [-0.2, -0.15) is 0 Å². The molecule has 0 bridgehead atoms. The van der Waals surface area contributed by atoms with Crippen molar-refractivity contribution < 1.29 is 13.7 Å². The Kier molecular flexibility index (Phi) is 22.3. The Morgan fingerprint density at radius 2 is 0.449 bits per heavy atom. The lowest BCUT2D eigenvalue weighted by Crippen LogP contribution is -2.61. The van der Waals surface area contributed by atoms with Crippen LogP contribution in [0.3, 0.4) is 0 Å².